The SMILES string of the molecule is Cc1cc2ccccc2n1CCOS(=O)(=O)NC1CCCCC1. The molecule has 1 saturated carbocycles. The summed E-state index contributed by atoms with van der Waals surface area (Å²) in [6.07, 6.45) is 5.18. The van der Waals surface area contributed by atoms with Crippen LogP contribution in [-0.4, -0.2) is 25.6 Å². The number of para-hydroxylation sites is 1. The first-order chi connectivity index (χ1) is 11.1. The largest absolute Gasteiger partial charge is 0.343 e. The van der Waals surface area contributed by atoms with Gasteiger partial charge in [0.1, 0.15) is 0 Å². The minimum atomic E-state index is -3.66. The lowest BCUT2D eigenvalue weighted by Gasteiger charge is -2.22. The summed E-state index contributed by atoms with van der Waals surface area (Å²) in [6.45, 7) is 2.68. The summed E-state index contributed by atoms with van der Waals surface area (Å²) in [5.74, 6) is 0. The molecule has 1 aromatic carbocycles. The van der Waals surface area contributed by atoms with Crippen molar-refractivity contribution in [3.63, 3.8) is 0 Å². The molecule has 3 rings (SSSR count). The van der Waals surface area contributed by atoms with E-state index in [9.17, 15) is 8.42 Å². The van der Waals surface area contributed by atoms with E-state index in [2.05, 4.69) is 21.4 Å². The molecule has 1 aliphatic rings. The van der Waals surface area contributed by atoms with E-state index in [1.54, 1.807) is 0 Å². The Kier molecular flexibility index (Phi) is 5.04. The van der Waals surface area contributed by atoms with Crippen molar-refractivity contribution >= 4 is 21.2 Å². The molecule has 0 amide bonds. The molecule has 6 heteroatoms. The monoisotopic (exact) mass is 336 g/mol. The molecular weight excluding hydrogens is 312 g/mol. The van der Waals surface area contributed by atoms with Gasteiger partial charge in [0.25, 0.3) is 0 Å². The molecule has 1 N–H and O–H groups in total. The summed E-state index contributed by atoms with van der Waals surface area (Å²) in [6, 6.07) is 10.2. The predicted octanol–water partition coefficient (Wildman–Crippen LogP) is 3.13. The maximum Gasteiger partial charge on any atom is 0.336 e. The highest BCUT2D eigenvalue weighted by atomic mass is 32.2. The van der Waals surface area contributed by atoms with Gasteiger partial charge in [-0.05, 0) is 37.3 Å². The molecule has 5 nitrogen and oxygen atoms in total. The van der Waals surface area contributed by atoms with Gasteiger partial charge in [-0.15, -0.1) is 0 Å². The second kappa shape index (κ2) is 7.03. The fraction of sp³-hybridized carbons (Fsp3) is 0.529. The van der Waals surface area contributed by atoms with E-state index in [0.29, 0.717) is 6.54 Å². The van der Waals surface area contributed by atoms with Crippen LogP contribution in [-0.2, 0) is 21.0 Å². The summed E-state index contributed by atoms with van der Waals surface area (Å²) >= 11 is 0. The van der Waals surface area contributed by atoms with Gasteiger partial charge < -0.3 is 4.57 Å². The van der Waals surface area contributed by atoms with Crippen molar-refractivity contribution in [1.29, 1.82) is 0 Å². The smallest absolute Gasteiger partial charge is 0.336 e. The normalized spacial score (nSPS) is 16.9. The zero-order valence-corrected chi connectivity index (χ0v) is 14.3. The van der Waals surface area contributed by atoms with Gasteiger partial charge in [-0.2, -0.15) is 13.1 Å². The van der Waals surface area contributed by atoms with Crippen molar-refractivity contribution in [3.05, 3.63) is 36.0 Å². The van der Waals surface area contributed by atoms with E-state index in [1.807, 2.05) is 25.1 Å². The number of hydrogen-bond acceptors (Lipinski definition) is 3. The van der Waals surface area contributed by atoms with Crippen LogP contribution in [0.4, 0.5) is 0 Å². The van der Waals surface area contributed by atoms with Crippen LogP contribution in [0.5, 0.6) is 0 Å². The summed E-state index contributed by atoms with van der Waals surface area (Å²) in [5.41, 5.74) is 2.21. The van der Waals surface area contributed by atoms with Crippen LogP contribution in [0.25, 0.3) is 10.9 Å². The molecule has 0 bridgehead atoms. The van der Waals surface area contributed by atoms with Crippen LogP contribution in [0.1, 0.15) is 37.8 Å². The Hall–Kier alpha value is -1.37. The molecule has 0 atom stereocenters. The Balaban J connectivity index is 1.58. The number of fused-ring (bicyclic) bond motifs is 1. The average Bonchev–Trinajstić information content (AvgIpc) is 2.84. The zero-order chi connectivity index (χ0) is 16.3. The van der Waals surface area contributed by atoms with Crippen molar-refractivity contribution in [1.82, 2.24) is 9.29 Å². The Morgan fingerprint density at radius 3 is 2.74 bits per heavy atom. The summed E-state index contributed by atoms with van der Waals surface area (Å²) in [4.78, 5) is 0. The van der Waals surface area contributed by atoms with Gasteiger partial charge >= 0.3 is 10.3 Å². The lowest BCUT2D eigenvalue weighted by atomic mass is 9.96. The second-order valence-electron chi connectivity index (χ2n) is 6.23. The number of nitrogens with zero attached hydrogens (tertiary/aromatic N) is 1. The van der Waals surface area contributed by atoms with Gasteiger partial charge in [-0.1, -0.05) is 37.5 Å². The van der Waals surface area contributed by atoms with E-state index in [0.717, 1.165) is 42.3 Å². The van der Waals surface area contributed by atoms with Crippen LogP contribution < -0.4 is 4.72 Å². The van der Waals surface area contributed by atoms with E-state index >= 15 is 0 Å². The van der Waals surface area contributed by atoms with Crippen LogP contribution in [0.2, 0.25) is 0 Å². The fourth-order valence-corrected chi connectivity index (χ4v) is 4.35. The molecule has 1 fully saturated rings. The molecular formula is C17H24N2O3S. The van der Waals surface area contributed by atoms with E-state index < -0.39 is 10.3 Å². The van der Waals surface area contributed by atoms with Crippen LogP contribution >= 0.6 is 0 Å². The van der Waals surface area contributed by atoms with E-state index in [-0.39, 0.29) is 12.6 Å². The van der Waals surface area contributed by atoms with Crippen LogP contribution in [0.15, 0.2) is 30.3 Å². The Bertz CT molecular complexity index is 761. The number of aromatic nitrogens is 1. The topological polar surface area (TPSA) is 60.3 Å². The molecule has 0 spiro atoms. The zero-order valence-electron chi connectivity index (χ0n) is 13.5. The second-order valence-corrected chi connectivity index (χ2v) is 7.60. The molecule has 23 heavy (non-hydrogen) atoms. The third-order valence-electron chi connectivity index (χ3n) is 4.49. The number of nitrogens with one attached hydrogen (secondary N) is 1. The van der Waals surface area contributed by atoms with Gasteiger partial charge in [-0.3, -0.25) is 4.18 Å². The maximum atomic E-state index is 12.0. The van der Waals surface area contributed by atoms with Gasteiger partial charge in [-0.25, -0.2) is 0 Å². The number of hydrogen-bond donors (Lipinski definition) is 1. The van der Waals surface area contributed by atoms with Crippen molar-refractivity contribution in [2.75, 3.05) is 6.61 Å². The summed E-state index contributed by atoms with van der Waals surface area (Å²) in [5, 5.41) is 1.16. The van der Waals surface area contributed by atoms with Crippen molar-refractivity contribution in [2.24, 2.45) is 0 Å². The minimum Gasteiger partial charge on any atom is -0.343 e. The van der Waals surface area contributed by atoms with Crippen LogP contribution in [0, 0.1) is 6.92 Å². The highest BCUT2D eigenvalue weighted by molar-refractivity contribution is 7.84. The Morgan fingerprint density at radius 1 is 1.22 bits per heavy atom. The third kappa shape index (κ3) is 4.13. The van der Waals surface area contributed by atoms with E-state index in [1.165, 1.54) is 6.42 Å². The maximum absolute atomic E-state index is 12.0. The number of benzene rings is 1. The quantitative estimate of drug-likeness (QED) is 0.881. The lowest BCUT2D eigenvalue weighted by Crippen LogP contribution is -2.37. The molecule has 0 radical (unpaired) electrons. The molecule has 126 valence electrons. The predicted molar refractivity (Wildman–Crippen MR) is 91.6 cm³/mol. The van der Waals surface area contributed by atoms with Crippen molar-refractivity contribution < 1.29 is 12.6 Å². The van der Waals surface area contributed by atoms with Crippen molar-refractivity contribution in [3.8, 4) is 0 Å². The molecule has 1 heterocycles. The Morgan fingerprint density at radius 2 is 1.96 bits per heavy atom. The number of rotatable bonds is 6. The molecule has 0 saturated heterocycles. The third-order valence-corrected chi connectivity index (χ3v) is 5.59. The standard InChI is InChI=1S/C17H24N2O3S/c1-14-13-15-7-5-6-10-17(15)19(14)11-12-22-23(20,21)18-16-8-3-2-4-9-16/h5-7,10,13,16,18H,2-4,8-9,11-12H2,1H3. The van der Waals surface area contributed by atoms with Gasteiger partial charge in [0.15, 0.2) is 0 Å². The Labute approximate surface area is 137 Å². The first kappa shape index (κ1) is 16.5. The highest BCUT2D eigenvalue weighted by Gasteiger charge is 2.20. The minimum absolute atomic E-state index is 0.0305. The molecule has 0 aliphatic heterocycles. The van der Waals surface area contributed by atoms with Gasteiger partial charge in [0, 0.05) is 23.8 Å². The summed E-state index contributed by atoms with van der Waals surface area (Å²) in [7, 11) is -3.66. The molecule has 1 aromatic heterocycles. The highest BCUT2D eigenvalue weighted by Crippen LogP contribution is 2.20. The average molecular weight is 336 g/mol. The van der Waals surface area contributed by atoms with Gasteiger partial charge in [0.05, 0.1) is 6.61 Å². The number of aryl methyl sites for hydroxylation is 1. The molecule has 2 aromatic rings. The first-order valence-corrected chi connectivity index (χ1v) is 9.67. The van der Waals surface area contributed by atoms with Crippen molar-refractivity contribution in [2.45, 2.75) is 51.6 Å². The first-order valence-electron chi connectivity index (χ1n) is 8.27. The van der Waals surface area contributed by atoms with E-state index in [4.69, 9.17) is 4.18 Å². The summed E-state index contributed by atoms with van der Waals surface area (Å²) < 4.78 is 34.0. The lowest BCUT2D eigenvalue weighted by molar-refractivity contribution is 0.286. The van der Waals surface area contributed by atoms with Gasteiger partial charge in [0.2, 0.25) is 0 Å². The molecule has 0 unspecified atom stereocenters. The van der Waals surface area contributed by atoms with Crippen LogP contribution in [0.3, 0.4) is 0 Å². The fourth-order valence-electron chi connectivity index (χ4n) is 3.34. The molecule has 1 aliphatic carbocycles.